The summed E-state index contributed by atoms with van der Waals surface area (Å²) in [6.07, 6.45) is 14.6. The Labute approximate surface area is 417 Å². The lowest BCUT2D eigenvalue weighted by Gasteiger charge is -2.14. The highest BCUT2D eigenvalue weighted by atomic mass is 16.6. The number of alkyl carbamates (subject to hydrolysis) is 1. The number of benzene rings is 2. The van der Waals surface area contributed by atoms with E-state index in [0.29, 0.717) is 118 Å². The number of ether oxygens (including phenoxy) is 8. The minimum Gasteiger partial charge on any atom is -0.461 e. The monoisotopic (exact) mass is 987 g/mol. The molecule has 70 heavy (non-hydrogen) atoms. The summed E-state index contributed by atoms with van der Waals surface area (Å²) in [5, 5.41) is 11.4. The molecule has 4 N–H and O–H groups in total. The topological polar surface area (TPSA) is 207 Å². The first-order chi connectivity index (χ1) is 34.3. The first kappa shape index (κ1) is 61.5. The van der Waals surface area contributed by atoms with Crippen molar-refractivity contribution in [1.29, 1.82) is 0 Å². The predicted molar refractivity (Wildman–Crippen MR) is 268 cm³/mol. The van der Waals surface area contributed by atoms with E-state index in [-0.39, 0.29) is 49.2 Å². The van der Waals surface area contributed by atoms with Crippen LogP contribution < -0.4 is 21.3 Å². The molecule has 0 saturated heterocycles. The maximum absolute atomic E-state index is 12.1. The van der Waals surface area contributed by atoms with Gasteiger partial charge in [-0.3, -0.25) is 19.2 Å². The SMILES string of the molecule is C[C@@H](CCCCNC(=O)CCOCCOCCOCCNC(=O)CCOCCOCCOCCNC(=O)CCCCCCCCCCCCC(=O)OCc1ccccc1)NC(=O)OCc1ccccc1. The molecule has 0 saturated carbocycles. The lowest BCUT2D eigenvalue weighted by atomic mass is 10.1. The van der Waals surface area contributed by atoms with Crippen LogP contribution in [0.4, 0.5) is 4.79 Å². The van der Waals surface area contributed by atoms with Crippen LogP contribution in [0.25, 0.3) is 0 Å². The second kappa shape index (κ2) is 45.5. The molecular weight excluding hydrogens is 901 g/mol. The molecule has 0 unspecified atom stereocenters. The van der Waals surface area contributed by atoms with E-state index in [2.05, 4.69) is 21.3 Å². The van der Waals surface area contributed by atoms with E-state index in [1.165, 1.54) is 25.7 Å². The Balaban J connectivity index is 1.19. The van der Waals surface area contributed by atoms with Crippen molar-refractivity contribution in [1.82, 2.24) is 21.3 Å². The summed E-state index contributed by atoms with van der Waals surface area (Å²) in [5.74, 6) is -0.246. The highest BCUT2D eigenvalue weighted by molar-refractivity contribution is 5.76. The van der Waals surface area contributed by atoms with Crippen LogP contribution in [0.15, 0.2) is 60.7 Å². The fourth-order valence-electron chi connectivity index (χ4n) is 6.82. The minimum absolute atomic E-state index is 0.0234. The number of carbonyl (C=O) groups is 5. The molecule has 2 aromatic rings. The summed E-state index contributed by atoms with van der Waals surface area (Å²) in [7, 11) is 0. The van der Waals surface area contributed by atoms with Crippen molar-refractivity contribution in [3.63, 3.8) is 0 Å². The predicted octanol–water partition coefficient (Wildman–Crippen LogP) is 7.12. The van der Waals surface area contributed by atoms with Gasteiger partial charge in [0.25, 0.3) is 0 Å². The summed E-state index contributed by atoms with van der Waals surface area (Å²) in [6.45, 7) is 8.52. The second-order valence-corrected chi connectivity index (χ2v) is 17.0. The number of amides is 4. The molecular formula is C53H86N4O13. The first-order valence-electron chi connectivity index (χ1n) is 25.7. The van der Waals surface area contributed by atoms with Crippen molar-refractivity contribution >= 4 is 29.8 Å². The zero-order chi connectivity index (χ0) is 50.2. The summed E-state index contributed by atoms with van der Waals surface area (Å²) < 4.78 is 43.5. The number of carbonyl (C=O) groups excluding carboxylic acids is 5. The third-order valence-electron chi connectivity index (χ3n) is 10.8. The largest absolute Gasteiger partial charge is 0.461 e. The third-order valence-corrected chi connectivity index (χ3v) is 10.8. The molecule has 17 heteroatoms. The molecule has 0 aliphatic heterocycles. The molecule has 0 fully saturated rings. The maximum Gasteiger partial charge on any atom is 0.407 e. The van der Waals surface area contributed by atoms with Gasteiger partial charge in [0, 0.05) is 51.4 Å². The molecule has 0 heterocycles. The number of hydrogen-bond donors (Lipinski definition) is 4. The normalized spacial score (nSPS) is 11.4. The first-order valence-corrected chi connectivity index (χ1v) is 25.7. The number of rotatable bonds is 47. The van der Waals surface area contributed by atoms with Gasteiger partial charge in [-0.25, -0.2) is 4.79 Å². The van der Waals surface area contributed by atoms with Crippen molar-refractivity contribution < 1.29 is 61.9 Å². The third kappa shape index (κ3) is 40.1. The van der Waals surface area contributed by atoms with Crippen LogP contribution in [0.5, 0.6) is 0 Å². The van der Waals surface area contributed by atoms with Gasteiger partial charge in [0.1, 0.15) is 13.2 Å². The molecule has 0 aliphatic rings. The summed E-state index contributed by atoms with van der Waals surface area (Å²) in [6, 6.07) is 19.3. The van der Waals surface area contributed by atoms with Crippen LogP contribution in [-0.2, 0) is 70.3 Å². The maximum atomic E-state index is 12.1. The molecule has 2 aromatic carbocycles. The Kier molecular flexibility index (Phi) is 39.9. The summed E-state index contributed by atoms with van der Waals surface area (Å²) >= 11 is 0. The Morgan fingerprint density at radius 2 is 0.786 bits per heavy atom. The van der Waals surface area contributed by atoms with Gasteiger partial charge in [0.15, 0.2) is 0 Å². The lowest BCUT2D eigenvalue weighted by Crippen LogP contribution is -2.33. The zero-order valence-corrected chi connectivity index (χ0v) is 42.2. The summed E-state index contributed by atoms with van der Waals surface area (Å²) in [5.41, 5.74) is 1.95. The number of esters is 1. The van der Waals surface area contributed by atoms with Gasteiger partial charge in [0.2, 0.25) is 17.7 Å². The molecule has 4 amide bonds. The van der Waals surface area contributed by atoms with Gasteiger partial charge in [-0.1, -0.05) is 112 Å². The Morgan fingerprint density at radius 3 is 1.27 bits per heavy atom. The molecule has 0 aromatic heterocycles. The fourth-order valence-corrected chi connectivity index (χ4v) is 6.82. The highest BCUT2D eigenvalue weighted by Gasteiger charge is 2.10. The van der Waals surface area contributed by atoms with Crippen molar-refractivity contribution in [2.24, 2.45) is 0 Å². The average molecular weight is 987 g/mol. The smallest absolute Gasteiger partial charge is 0.407 e. The van der Waals surface area contributed by atoms with Gasteiger partial charge in [-0.15, -0.1) is 0 Å². The molecule has 396 valence electrons. The molecule has 1 atom stereocenters. The van der Waals surface area contributed by atoms with Crippen LogP contribution in [0.2, 0.25) is 0 Å². The number of nitrogens with one attached hydrogen (secondary N) is 4. The van der Waals surface area contributed by atoms with Crippen LogP contribution >= 0.6 is 0 Å². The van der Waals surface area contributed by atoms with Crippen LogP contribution in [0.3, 0.4) is 0 Å². The second-order valence-electron chi connectivity index (χ2n) is 17.0. The molecule has 0 bridgehead atoms. The molecule has 2 rings (SSSR count). The number of hydrogen-bond acceptors (Lipinski definition) is 13. The van der Waals surface area contributed by atoms with Gasteiger partial charge >= 0.3 is 12.1 Å². The molecule has 0 aliphatic carbocycles. The molecule has 0 radical (unpaired) electrons. The van der Waals surface area contributed by atoms with Crippen LogP contribution in [-0.4, -0.2) is 135 Å². The van der Waals surface area contributed by atoms with Crippen molar-refractivity contribution in [2.45, 2.75) is 135 Å². The van der Waals surface area contributed by atoms with Gasteiger partial charge in [0.05, 0.1) is 79.3 Å². The Bertz CT molecular complexity index is 1590. The average Bonchev–Trinajstić information content (AvgIpc) is 3.36. The lowest BCUT2D eigenvalue weighted by molar-refractivity contribution is -0.145. The van der Waals surface area contributed by atoms with Crippen molar-refractivity contribution in [3.8, 4) is 0 Å². The fraction of sp³-hybridized carbons (Fsp3) is 0.679. The molecule has 17 nitrogen and oxygen atoms in total. The van der Waals surface area contributed by atoms with E-state index in [1.807, 2.05) is 67.6 Å². The molecule has 0 spiro atoms. The van der Waals surface area contributed by atoms with Gasteiger partial charge < -0.3 is 59.2 Å². The van der Waals surface area contributed by atoms with Crippen molar-refractivity contribution in [3.05, 3.63) is 71.8 Å². The standard InChI is InChI=1S/C53H86N4O13/c1-46(57-53(62)70-45-48-23-14-11-15-24-48)20-18-19-29-54-50(59)27-32-63-36-40-67-43-39-66-35-31-56-51(60)28-33-64-37-41-68-42-38-65-34-30-55-49(58)25-16-8-6-4-2-3-5-7-9-17-26-52(61)69-44-47-21-12-10-13-22-47/h10-15,21-24,46H,2-9,16-20,25-45H2,1H3,(H,54,59)(H,55,58)(H,56,60)(H,57,62)/t46-/m0/s1. The van der Waals surface area contributed by atoms with E-state index in [0.717, 1.165) is 68.9 Å². The van der Waals surface area contributed by atoms with E-state index in [1.54, 1.807) is 0 Å². The summed E-state index contributed by atoms with van der Waals surface area (Å²) in [4.78, 5) is 60.0. The van der Waals surface area contributed by atoms with Gasteiger partial charge in [-0.05, 0) is 50.2 Å². The van der Waals surface area contributed by atoms with Crippen molar-refractivity contribution in [2.75, 3.05) is 98.9 Å². The Hall–Kier alpha value is -4.65. The minimum atomic E-state index is -0.436. The number of unbranched alkanes of at least 4 members (excludes halogenated alkanes) is 10. The highest BCUT2D eigenvalue weighted by Crippen LogP contribution is 2.13. The Morgan fingerprint density at radius 1 is 0.400 bits per heavy atom. The quantitative estimate of drug-likeness (QED) is 0.0385. The van der Waals surface area contributed by atoms with Gasteiger partial charge in [-0.2, -0.15) is 0 Å². The van der Waals surface area contributed by atoms with Crippen LogP contribution in [0.1, 0.15) is 127 Å². The zero-order valence-electron chi connectivity index (χ0n) is 42.2. The van der Waals surface area contributed by atoms with E-state index in [9.17, 15) is 24.0 Å². The van der Waals surface area contributed by atoms with E-state index >= 15 is 0 Å². The van der Waals surface area contributed by atoms with E-state index < -0.39 is 6.09 Å². The van der Waals surface area contributed by atoms with Crippen LogP contribution in [0, 0.1) is 0 Å². The van der Waals surface area contributed by atoms with E-state index in [4.69, 9.17) is 37.9 Å².